The van der Waals surface area contributed by atoms with E-state index >= 15 is 0 Å². The quantitative estimate of drug-likeness (QED) is 0.509. The molecule has 3 aromatic carbocycles. The van der Waals surface area contributed by atoms with Crippen LogP contribution >= 0.6 is 0 Å². The first-order chi connectivity index (χ1) is 16.0. The molecule has 4 nitrogen and oxygen atoms in total. The number of para-hydroxylation sites is 1. The Bertz CT molecular complexity index is 1350. The van der Waals surface area contributed by atoms with Gasteiger partial charge in [0.25, 0.3) is 0 Å². The lowest BCUT2D eigenvalue weighted by Crippen LogP contribution is -2.44. The summed E-state index contributed by atoms with van der Waals surface area (Å²) in [5.41, 5.74) is 3.91. The molecular formula is C29H23N3O. The first-order valence-electron chi connectivity index (χ1n) is 11.1. The molecule has 160 valence electrons. The van der Waals surface area contributed by atoms with Crippen LogP contribution in [0.25, 0.3) is 6.08 Å². The fraction of sp³-hybridized carbons (Fsp3) is 0.207. The lowest BCUT2D eigenvalue weighted by molar-refractivity contribution is 0.0951. The number of ketones is 1. The van der Waals surface area contributed by atoms with Crippen LogP contribution in [0, 0.1) is 41.9 Å². The van der Waals surface area contributed by atoms with E-state index in [0.29, 0.717) is 5.56 Å². The summed E-state index contributed by atoms with van der Waals surface area (Å²) in [6.07, 6.45) is 3.89. The SMILES string of the molecule is Cc1ccc(C)c([C@@H]2[C@@H](C(=O)c3ccccc3)N3c4ccccc4C=C[C@H]3C2(C#N)C#N)c1. The summed E-state index contributed by atoms with van der Waals surface area (Å²) in [4.78, 5) is 16.1. The van der Waals surface area contributed by atoms with Gasteiger partial charge in [0, 0.05) is 17.2 Å². The Labute approximate surface area is 194 Å². The van der Waals surface area contributed by atoms with E-state index in [1.807, 2.05) is 104 Å². The van der Waals surface area contributed by atoms with E-state index in [1.54, 1.807) is 0 Å². The van der Waals surface area contributed by atoms with Crippen molar-refractivity contribution in [3.05, 3.63) is 107 Å². The molecule has 0 aromatic heterocycles. The van der Waals surface area contributed by atoms with Gasteiger partial charge < -0.3 is 4.90 Å². The van der Waals surface area contributed by atoms with Gasteiger partial charge in [-0.3, -0.25) is 4.79 Å². The van der Waals surface area contributed by atoms with Gasteiger partial charge in [0.1, 0.15) is 6.04 Å². The molecule has 2 aliphatic rings. The summed E-state index contributed by atoms with van der Waals surface area (Å²) in [6, 6.07) is 26.6. The molecule has 4 heteroatoms. The van der Waals surface area contributed by atoms with Gasteiger partial charge in [-0.15, -0.1) is 0 Å². The molecule has 0 unspecified atom stereocenters. The zero-order valence-electron chi connectivity index (χ0n) is 18.6. The minimum atomic E-state index is -1.42. The minimum Gasteiger partial charge on any atom is -0.351 e. The summed E-state index contributed by atoms with van der Waals surface area (Å²) in [5, 5.41) is 21.0. The molecule has 0 radical (unpaired) electrons. The lowest BCUT2D eigenvalue weighted by atomic mass is 9.68. The van der Waals surface area contributed by atoms with Crippen LogP contribution in [0.4, 0.5) is 5.69 Å². The normalized spacial score (nSPS) is 22.1. The van der Waals surface area contributed by atoms with Gasteiger partial charge in [-0.05, 0) is 36.6 Å². The Balaban J connectivity index is 1.83. The number of hydrogen-bond acceptors (Lipinski definition) is 4. The zero-order valence-corrected chi connectivity index (χ0v) is 18.6. The van der Waals surface area contributed by atoms with Crippen molar-refractivity contribution in [3.63, 3.8) is 0 Å². The molecule has 1 saturated heterocycles. The number of anilines is 1. The van der Waals surface area contributed by atoms with E-state index < -0.39 is 23.4 Å². The van der Waals surface area contributed by atoms with Crippen molar-refractivity contribution in [3.8, 4) is 12.1 Å². The number of carbonyl (C=O) groups is 1. The highest BCUT2D eigenvalue weighted by atomic mass is 16.1. The number of hydrogen-bond donors (Lipinski definition) is 0. The lowest BCUT2D eigenvalue weighted by Gasteiger charge is -2.35. The Hall–Kier alpha value is -4.15. The van der Waals surface area contributed by atoms with E-state index in [4.69, 9.17) is 0 Å². The van der Waals surface area contributed by atoms with Crippen molar-refractivity contribution >= 4 is 17.5 Å². The van der Waals surface area contributed by atoms with Crippen LogP contribution in [0.2, 0.25) is 0 Å². The van der Waals surface area contributed by atoms with Gasteiger partial charge in [0.15, 0.2) is 11.2 Å². The number of rotatable bonds is 3. The van der Waals surface area contributed by atoms with Crippen LogP contribution in [-0.2, 0) is 0 Å². The first-order valence-corrected chi connectivity index (χ1v) is 11.1. The highest BCUT2D eigenvalue weighted by Gasteiger charge is 2.63. The fourth-order valence-electron chi connectivity index (χ4n) is 5.45. The van der Waals surface area contributed by atoms with Gasteiger partial charge in [-0.1, -0.05) is 84.4 Å². The van der Waals surface area contributed by atoms with Crippen LogP contribution in [0.5, 0.6) is 0 Å². The molecule has 33 heavy (non-hydrogen) atoms. The highest BCUT2D eigenvalue weighted by Crippen LogP contribution is 2.56. The van der Waals surface area contributed by atoms with Gasteiger partial charge >= 0.3 is 0 Å². The molecule has 2 aliphatic heterocycles. The fourth-order valence-corrected chi connectivity index (χ4v) is 5.45. The van der Waals surface area contributed by atoms with Crippen LogP contribution in [0.3, 0.4) is 0 Å². The van der Waals surface area contributed by atoms with Crippen LogP contribution < -0.4 is 4.90 Å². The topological polar surface area (TPSA) is 67.9 Å². The number of aryl methyl sites for hydroxylation is 2. The smallest absolute Gasteiger partial charge is 0.185 e. The van der Waals surface area contributed by atoms with Crippen LogP contribution in [0.15, 0.2) is 78.9 Å². The third-order valence-electron chi connectivity index (χ3n) is 7.01. The Kier molecular flexibility index (Phi) is 4.88. The van der Waals surface area contributed by atoms with Crippen molar-refractivity contribution in [2.45, 2.75) is 31.8 Å². The summed E-state index contributed by atoms with van der Waals surface area (Å²) in [6.45, 7) is 3.98. The first kappa shape index (κ1) is 20.7. The summed E-state index contributed by atoms with van der Waals surface area (Å²) in [5.74, 6) is -0.690. The molecule has 3 aromatic rings. The van der Waals surface area contributed by atoms with Gasteiger partial charge in [-0.25, -0.2) is 0 Å². The van der Waals surface area contributed by atoms with Crippen molar-refractivity contribution in [1.82, 2.24) is 0 Å². The number of carbonyl (C=O) groups excluding carboxylic acids is 1. The Morgan fingerprint density at radius 2 is 1.64 bits per heavy atom. The summed E-state index contributed by atoms with van der Waals surface area (Å²) >= 11 is 0. The highest BCUT2D eigenvalue weighted by molar-refractivity contribution is 6.04. The van der Waals surface area contributed by atoms with Crippen LogP contribution in [0.1, 0.15) is 38.5 Å². The molecule has 0 N–H and O–H groups in total. The molecule has 0 bridgehead atoms. The zero-order chi connectivity index (χ0) is 23.2. The maximum Gasteiger partial charge on any atom is 0.185 e. The number of nitriles is 2. The Morgan fingerprint density at radius 3 is 2.36 bits per heavy atom. The Morgan fingerprint density at radius 1 is 0.939 bits per heavy atom. The second-order valence-corrected chi connectivity index (χ2v) is 8.88. The van der Waals surface area contributed by atoms with E-state index in [0.717, 1.165) is 27.9 Å². The molecule has 2 heterocycles. The largest absolute Gasteiger partial charge is 0.351 e. The summed E-state index contributed by atoms with van der Waals surface area (Å²) < 4.78 is 0. The molecule has 1 fully saturated rings. The maximum atomic E-state index is 14.1. The van der Waals surface area contributed by atoms with Gasteiger partial charge in [0.2, 0.25) is 0 Å². The van der Waals surface area contributed by atoms with Crippen LogP contribution in [-0.4, -0.2) is 17.9 Å². The number of benzene rings is 3. The second kappa shape index (κ2) is 7.76. The van der Waals surface area contributed by atoms with Crippen molar-refractivity contribution in [1.29, 1.82) is 10.5 Å². The van der Waals surface area contributed by atoms with Crippen molar-refractivity contribution < 1.29 is 4.79 Å². The van der Waals surface area contributed by atoms with E-state index in [-0.39, 0.29) is 5.78 Å². The predicted octanol–water partition coefficient (Wildman–Crippen LogP) is 5.59. The third-order valence-corrected chi connectivity index (χ3v) is 7.01. The average molecular weight is 430 g/mol. The molecule has 0 aliphatic carbocycles. The van der Waals surface area contributed by atoms with E-state index in [1.165, 1.54) is 0 Å². The monoisotopic (exact) mass is 429 g/mol. The van der Waals surface area contributed by atoms with E-state index in [2.05, 4.69) is 12.1 Å². The molecule has 3 atom stereocenters. The standard InChI is InChI=1S/C29H23N3O/c1-19-12-13-20(2)23(16-19)26-27(28(33)22-9-4-3-5-10-22)32-24-11-7-6-8-21(24)14-15-25(32)29(26,17-30)18-31/h3-16,25-27H,1-2H3/t25-,26+,27-/m0/s1. The van der Waals surface area contributed by atoms with Gasteiger partial charge in [-0.2, -0.15) is 10.5 Å². The number of fused-ring (bicyclic) bond motifs is 3. The molecule has 0 spiro atoms. The average Bonchev–Trinajstić information content (AvgIpc) is 3.16. The molecular weight excluding hydrogens is 406 g/mol. The maximum absolute atomic E-state index is 14.1. The predicted molar refractivity (Wildman–Crippen MR) is 129 cm³/mol. The second-order valence-electron chi connectivity index (χ2n) is 8.88. The third kappa shape index (κ3) is 2.99. The minimum absolute atomic E-state index is 0.0796. The summed E-state index contributed by atoms with van der Waals surface area (Å²) in [7, 11) is 0. The van der Waals surface area contributed by atoms with Gasteiger partial charge in [0.05, 0.1) is 18.2 Å². The van der Waals surface area contributed by atoms with Crippen molar-refractivity contribution in [2.24, 2.45) is 5.41 Å². The molecule has 0 saturated carbocycles. The number of Topliss-reactive ketones (excluding diaryl/α,β-unsaturated/α-hetero) is 1. The van der Waals surface area contributed by atoms with E-state index in [9.17, 15) is 15.3 Å². The molecule has 5 rings (SSSR count). The molecule has 0 amide bonds. The number of nitrogens with zero attached hydrogens (tertiary/aromatic N) is 3. The van der Waals surface area contributed by atoms with Crippen molar-refractivity contribution in [2.75, 3.05) is 4.90 Å².